The summed E-state index contributed by atoms with van der Waals surface area (Å²) < 4.78 is 14.1. The third-order valence-electron chi connectivity index (χ3n) is 3.40. The van der Waals surface area contributed by atoms with Crippen LogP contribution in [0.3, 0.4) is 0 Å². The van der Waals surface area contributed by atoms with E-state index in [1.165, 1.54) is 12.3 Å². The second-order valence-electron chi connectivity index (χ2n) is 4.87. The van der Waals surface area contributed by atoms with E-state index in [1.54, 1.807) is 36.4 Å². The normalized spacial score (nSPS) is 17.5. The fourth-order valence-electron chi connectivity index (χ4n) is 2.41. The van der Waals surface area contributed by atoms with Crippen molar-refractivity contribution in [2.45, 2.75) is 6.04 Å². The Balaban J connectivity index is 2.16. The lowest BCUT2D eigenvalue weighted by atomic mass is 10.00. The van der Waals surface area contributed by atoms with Crippen molar-refractivity contribution in [3.8, 4) is 0 Å². The molecule has 0 saturated carbocycles. The number of rotatable bonds is 2. The highest BCUT2D eigenvalue weighted by molar-refractivity contribution is 6.31. The fraction of sp³-hybridized carbons (Fsp3) is 0.125. The van der Waals surface area contributed by atoms with Gasteiger partial charge in [-0.25, -0.2) is 4.39 Å². The summed E-state index contributed by atoms with van der Waals surface area (Å²) >= 11 is 6.08. The van der Waals surface area contributed by atoms with Crippen molar-refractivity contribution in [1.82, 2.24) is 0 Å². The third kappa shape index (κ3) is 2.80. The first-order chi connectivity index (χ1) is 10.7. The van der Waals surface area contributed by atoms with Crippen LogP contribution in [0.25, 0.3) is 0 Å². The molecular weight excluding hydrogens is 305 g/mol. The lowest BCUT2D eigenvalue weighted by molar-refractivity contribution is 0.320. The standard InChI is InChI=1S/C16H13ClFN3O/c17-10-5-6-15-13(7-10)16(12-3-1-2-4-14(12)18)19-8-11(21-15)9-20-22/h1-7,9,11,21-22H,8H2. The maximum atomic E-state index is 14.1. The summed E-state index contributed by atoms with van der Waals surface area (Å²) in [6.45, 7) is 0.319. The average molecular weight is 318 g/mol. The van der Waals surface area contributed by atoms with Crippen LogP contribution in [0, 0.1) is 5.82 Å². The molecule has 0 fully saturated rings. The van der Waals surface area contributed by atoms with E-state index in [9.17, 15) is 4.39 Å². The Morgan fingerprint density at radius 2 is 2.09 bits per heavy atom. The first-order valence-corrected chi connectivity index (χ1v) is 7.10. The molecule has 1 unspecified atom stereocenters. The fourth-order valence-corrected chi connectivity index (χ4v) is 2.58. The van der Waals surface area contributed by atoms with Crippen molar-refractivity contribution in [3.05, 3.63) is 64.4 Å². The zero-order valence-corrected chi connectivity index (χ0v) is 12.3. The molecule has 0 aliphatic carbocycles. The van der Waals surface area contributed by atoms with Crippen molar-refractivity contribution >= 4 is 29.2 Å². The molecule has 2 aromatic carbocycles. The number of hydrogen-bond acceptors (Lipinski definition) is 4. The van der Waals surface area contributed by atoms with Crippen molar-refractivity contribution in [2.24, 2.45) is 10.1 Å². The number of anilines is 1. The number of halogens is 2. The predicted octanol–water partition coefficient (Wildman–Crippen LogP) is 3.57. The molecule has 112 valence electrons. The SMILES string of the molecule is ON=CC1CN=C(c2ccccc2F)c2cc(Cl)ccc2N1. The number of hydrogen-bond donors (Lipinski definition) is 2. The maximum Gasteiger partial charge on any atom is 0.132 e. The van der Waals surface area contributed by atoms with Crippen LogP contribution in [0.1, 0.15) is 11.1 Å². The van der Waals surface area contributed by atoms with Crippen LogP contribution in [-0.4, -0.2) is 29.7 Å². The summed E-state index contributed by atoms with van der Waals surface area (Å²) in [7, 11) is 0. The molecule has 0 saturated heterocycles. The lowest BCUT2D eigenvalue weighted by Crippen LogP contribution is -2.23. The van der Waals surface area contributed by atoms with E-state index in [2.05, 4.69) is 15.5 Å². The first kappa shape index (κ1) is 14.5. The van der Waals surface area contributed by atoms with Gasteiger partial charge < -0.3 is 10.5 Å². The number of fused-ring (bicyclic) bond motifs is 1. The van der Waals surface area contributed by atoms with Crippen LogP contribution in [0.5, 0.6) is 0 Å². The summed E-state index contributed by atoms with van der Waals surface area (Å²) in [6.07, 6.45) is 1.35. The van der Waals surface area contributed by atoms with E-state index in [0.717, 1.165) is 5.69 Å². The van der Waals surface area contributed by atoms with E-state index in [4.69, 9.17) is 16.8 Å². The molecule has 1 atom stereocenters. The van der Waals surface area contributed by atoms with E-state index in [0.29, 0.717) is 28.4 Å². The Bertz CT molecular complexity index is 761. The molecule has 4 nitrogen and oxygen atoms in total. The molecule has 1 heterocycles. The highest BCUT2D eigenvalue weighted by Crippen LogP contribution is 2.27. The molecule has 2 aromatic rings. The van der Waals surface area contributed by atoms with E-state index >= 15 is 0 Å². The topological polar surface area (TPSA) is 57.0 Å². The molecule has 0 radical (unpaired) electrons. The van der Waals surface area contributed by atoms with Gasteiger partial charge in [0, 0.05) is 21.8 Å². The summed E-state index contributed by atoms with van der Waals surface area (Å²) in [4.78, 5) is 4.49. The molecular formula is C16H13ClFN3O. The van der Waals surface area contributed by atoms with E-state index in [-0.39, 0.29) is 11.9 Å². The van der Waals surface area contributed by atoms with Crippen molar-refractivity contribution in [3.63, 3.8) is 0 Å². The maximum absolute atomic E-state index is 14.1. The second kappa shape index (κ2) is 6.15. The van der Waals surface area contributed by atoms with Crippen LogP contribution < -0.4 is 5.32 Å². The Hall–Kier alpha value is -2.40. The third-order valence-corrected chi connectivity index (χ3v) is 3.63. The van der Waals surface area contributed by atoms with Crippen molar-refractivity contribution in [2.75, 3.05) is 11.9 Å². The first-order valence-electron chi connectivity index (χ1n) is 6.72. The molecule has 3 rings (SSSR count). The molecule has 0 spiro atoms. The summed E-state index contributed by atoms with van der Waals surface area (Å²) in [6, 6.07) is 11.5. The van der Waals surface area contributed by atoms with Gasteiger partial charge in [0.05, 0.1) is 24.5 Å². The number of benzene rings is 2. The number of benzodiazepines with no additional fused rings is 1. The minimum Gasteiger partial charge on any atom is -0.411 e. The van der Waals surface area contributed by atoms with Gasteiger partial charge in [0.1, 0.15) is 5.82 Å². The van der Waals surface area contributed by atoms with Crippen LogP contribution in [0.2, 0.25) is 5.02 Å². The minimum absolute atomic E-state index is 0.283. The molecule has 2 N–H and O–H groups in total. The van der Waals surface area contributed by atoms with Crippen LogP contribution >= 0.6 is 11.6 Å². The number of nitrogens with one attached hydrogen (secondary N) is 1. The number of aliphatic imine (C=N–C) groups is 1. The number of oxime groups is 1. The van der Waals surface area contributed by atoms with Crippen molar-refractivity contribution in [1.29, 1.82) is 0 Å². The van der Waals surface area contributed by atoms with E-state index < -0.39 is 0 Å². The zero-order chi connectivity index (χ0) is 15.5. The second-order valence-corrected chi connectivity index (χ2v) is 5.31. The van der Waals surface area contributed by atoms with Gasteiger partial charge in [0.25, 0.3) is 0 Å². The highest BCUT2D eigenvalue weighted by atomic mass is 35.5. The van der Waals surface area contributed by atoms with Gasteiger partial charge in [-0.15, -0.1) is 0 Å². The largest absolute Gasteiger partial charge is 0.411 e. The summed E-state index contributed by atoms with van der Waals surface area (Å²) in [5, 5.41) is 15.5. The van der Waals surface area contributed by atoms with Gasteiger partial charge in [0.2, 0.25) is 0 Å². The van der Waals surface area contributed by atoms with Gasteiger partial charge in [-0.3, -0.25) is 4.99 Å². The lowest BCUT2D eigenvalue weighted by Gasteiger charge is -2.13. The average Bonchev–Trinajstić information content (AvgIpc) is 2.68. The Labute approximate surface area is 132 Å². The van der Waals surface area contributed by atoms with Gasteiger partial charge >= 0.3 is 0 Å². The quantitative estimate of drug-likeness (QED) is 0.505. The highest BCUT2D eigenvalue weighted by Gasteiger charge is 2.21. The Kier molecular flexibility index (Phi) is 4.06. The molecule has 0 aromatic heterocycles. The van der Waals surface area contributed by atoms with Gasteiger partial charge in [-0.2, -0.15) is 0 Å². The molecule has 6 heteroatoms. The van der Waals surface area contributed by atoms with Crippen LogP contribution in [0.4, 0.5) is 10.1 Å². The minimum atomic E-state index is -0.346. The van der Waals surface area contributed by atoms with Gasteiger partial charge in [-0.1, -0.05) is 28.9 Å². The van der Waals surface area contributed by atoms with Crippen LogP contribution in [0.15, 0.2) is 52.6 Å². The van der Waals surface area contributed by atoms with Gasteiger partial charge in [0.15, 0.2) is 0 Å². The molecule has 1 aliphatic rings. The summed E-state index contributed by atoms with van der Waals surface area (Å²) in [5.74, 6) is -0.346. The molecule has 22 heavy (non-hydrogen) atoms. The zero-order valence-electron chi connectivity index (χ0n) is 11.5. The monoisotopic (exact) mass is 317 g/mol. The number of nitrogens with zero attached hydrogens (tertiary/aromatic N) is 2. The predicted molar refractivity (Wildman–Crippen MR) is 86.0 cm³/mol. The molecule has 0 amide bonds. The Morgan fingerprint density at radius 3 is 2.86 bits per heavy atom. The summed E-state index contributed by atoms with van der Waals surface area (Å²) in [5.41, 5.74) is 2.41. The van der Waals surface area contributed by atoms with Gasteiger partial charge in [-0.05, 0) is 30.3 Å². The van der Waals surface area contributed by atoms with Crippen LogP contribution in [-0.2, 0) is 0 Å². The smallest absolute Gasteiger partial charge is 0.132 e. The molecule has 1 aliphatic heterocycles. The molecule has 0 bridgehead atoms. The van der Waals surface area contributed by atoms with E-state index in [1.807, 2.05) is 0 Å². The van der Waals surface area contributed by atoms with Crippen molar-refractivity contribution < 1.29 is 9.60 Å². The Morgan fingerprint density at radius 1 is 1.27 bits per heavy atom.